The third kappa shape index (κ3) is 5.46. The van der Waals surface area contributed by atoms with Gasteiger partial charge < -0.3 is 33.5 Å². The molecule has 0 unspecified atom stereocenters. The minimum Gasteiger partial charge on any atom is -0.484 e. The van der Waals surface area contributed by atoms with Gasteiger partial charge in [0.1, 0.15) is 22.7 Å². The highest BCUT2D eigenvalue weighted by Gasteiger charge is 2.21. The zero-order valence-electron chi connectivity index (χ0n) is 22.2. The molecule has 0 spiro atoms. The minimum absolute atomic E-state index is 0.0644. The van der Waals surface area contributed by atoms with E-state index in [1.54, 1.807) is 40.1 Å². The second kappa shape index (κ2) is 11.0. The van der Waals surface area contributed by atoms with E-state index in [0.717, 1.165) is 26.2 Å². The number of ether oxygens (including phenoxy) is 2. The lowest BCUT2D eigenvalue weighted by molar-refractivity contribution is -0.135. The second-order valence-electron chi connectivity index (χ2n) is 10.1. The molecular weight excluding hydrogens is 488 g/mol. The Hall–Kier alpha value is -3.63. The van der Waals surface area contributed by atoms with Gasteiger partial charge in [0.25, 0.3) is 11.8 Å². The van der Waals surface area contributed by atoms with Crippen LogP contribution >= 0.6 is 0 Å². The first-order chi connectivity index (χ1) is 18.3. The highest BCUT2D eigenvalue weighted by molar-refractivity contribution is 5.92. The number of fused-ring (bicyclic) bond motifs is 2. The van der Waals surface area contributed by atoms with Crippen molar-refractivity contribution in [1.29, 1.82) is 0 Å². The van der Waals surface area contributed by atoms with Gasteiger partial charge in [-0.2, -0.15) is 0 Å². The summed E-state index contributed by atoms with van der Waals surface area (Å²) in [6.07, 6.45) is 0. The molecule has 3 heterocycles. The molecule has 0 aliphatic carbocycles. The zero-order chi connectivity index (χ0) is 26.8. The van der Waals surface area contributed by atoms with Crippen molar-refractivity contribution in [2.45, 2.75) is 6.92 Å². The molecule has 2 aliphatic rings. The van der Waals surface area contributed by atoms with Crippen molar-refractivity contribution in [1.82, 2.24) is 19.6 Å². The average Bonchev–Trinajstić information content (AvgIpc) is 2.92. The van der Waals surface area contributed by atoms with E-state index in [2.05, 4.69) is 9.80 Å². The van der Waals surface area contributed by atoms with Crippen LogP contribution in [0.2, 0.25) is 0 Å². The van der Waals surface area contributed by atoms with Gasteiger partial charge in [-0.25, -0.2) is 0 Å². The molecule has 0 atom stereocenters. The molecule has 2 aliphatic heterocycles. The summed E-state index contributed by atoms with van der Waals surface area (Å²) in [4.78, 5) is 46.3. The molecule has 2 amide bonds. The lowest BCUT2D eigenvalue weighted by atomic mass is 10.1. The first-order valence-corrected chi connectivity index (χ1v) is 13.0. The lowest BCUT2D eigenvalue weighted by Gasteiger charge is -2.32. The molecular formula is C28H34N4O6. The Kier molecular flexibility index (Phi) is 7.53. The van der Waals surface area contributed by atoms with E-state index in [1.807, 2.05) is 21.0 Å². The summed E-state index contributed by atoms with van der Waals surface area (Å²) in [5.41, 5.74) is 1.24. The molecule has 0 radical (unpaired) electrons. The van der Waals surface area contributed by atoms with Gasteiger partial charge in [0, 0.05) is 64.0 Å². The van der Waals surface area contributed by atoms with Crippen LogP contribution in [0.25, 0.3) is 21.9 Å². The Morgan fingerprint density at radius 2 is 1.34 bits per heavy atom. The number of nitrogens with zero attached hydrogens (tertiary/aromatic N) is 4. The lowest BCUT2D eigenvalue weighted by Crippen LogP contribution is -2.48. The van der Waals surface area contributed by atoms with E-state index in [-0.39, 0.29) is 30.5 Å². The maximum Gasteiger partial charge on any atom is 0.260 e. The summed E-state index contributed by atoms with van der Waals surface area (Å²) in [7, 11) is 4.08. The maximum atomic E-state index is 13.2. The van der Waals surface area contributed by atoms with Crippen molar-refractivity contribution < 1.29 is 23.5 Å². The predicted molar refractivity (Wildman–Crippen MR) is 144 cm³/mol. The quantitative estimate of drug-likeness (QED) is 0.450. The molecule has 10 heteroatoms. The maximum absolute atomic E-state index is 13.2. The number of amides is 2. The summed E-state index contributed by atoms with van der Waals surface area (Å²) < 4.78 is 17.8. The largest absolute Gasteiger partial charge is 0.484 e. The van der Waals surface area contributed by atoms with Gasteiger partial charge in [-0.1, -0.05) is 0 Å². The summed E-state index contributed by atoms with van der Waals surface area (Å²) in [5.74, 6) is 0.811. The van der Waals surface area contributed by atoms with E-state index in [9.17, 15) is 14.4 Å². The van der Waals surface area contributed by atoms with Gasteiger partial charge in [0.05, 0.1) is 10.8 Å². The third-order valence-electron chi connectivity index (χ3n) is 7.44. The molecule has 2 aromatic carbocycles. The van der Waals surface area contributed by atoms with Gasteiger partial charge in [-0.3, -0.25) is 14.4 Å². The van der Waals surface area contributed by atoms with Crippen LogP contribution in [0, 0.1) is 6.92 Å². The van der Waals surface area contributed by atoms with Crippen LogP contribution < -0.4 is 14.9 Å². The first-order valence-electron chi connectivity index (χ1n) is 13.0. The van der Waals surface area contributed by atoms with Crippen molar-refractivity contribution in [3.63, 3.8) is 0 Å². The van der Waals surface area contributed by atoms with Gasteiger partial charge in [0.15, 0.2) is 13.2 Å². The molecule has 3 aromatic rings. The van der Waals surface area contributed by atoms with Crippen LogP contribution in [0.15, 0.2) is 39.5 Å². The van der Waals surface area contributed by atoms with Crippen LogP contribution in [0.4, 0.5) is 0 Å². The highest BCUT2D eigenvalue weighted by Crippen LogP contribution is 2.30. The number of piperazine rings is 2. The molecule has 5 rings (SSSR count). The molecule has 0 N–H and O–H groups in total. The molecule has 202 valence electrons. The number of aryl methyl sites for hydroxylation is 1. The average molecular weight is 523 g/mol. The van der Waals surface area contributed by atoms with Crippen molar-refractivity contribution in [2.75, 3.05) is 79.7 Å². The number of likely N-dealkylation sites (N-methyl/N-ethyl adjacent to an activating group) is 2. The first kappa shape index (κ1) is 26.0. The summed E-state index contributed by atoms with van der Waals surface area (Å²) in [6, 6.07) is 8.35. The fraction of sp³-hybridized carbons (Fsp3) is 0.464. The molecule has 0 saturated carbocycles. The Morgan fingerprint density at radius 1 is 0.789 bits per heavy atom. The SMILES string of the molecule is Cc1c(OCC(=O)N2CCN(C)CC2)ccc2c(=O)c3ccc(OCC(=O)N4CCN(C)CC4)cc3oc12. The van der Waals surface area contributed by atoms with Crippen molar-refractivity contribution in [2.24, 2.45) is 0 Å². The Morgan fingerprint density at radius 3 is 1.95 bits per heavy atom. The van der Waals surface area contributed by atoms with Crippen LogP contribution in [0.1, 0.15) is 5.56 Å². The van der Waals surface area contributed by atoms with Gasteiger partial charge in [-0.05, 0) is 45.3 Å². The molecule has 10 nitrogen and oxygen atoms in total. The van der Waals surface area contributed by atoms with Gasteiger partial charge in [-0.15, -0.1) is 0 Å². The summed E-state index contributed by atoms with van der Waals surface area (Å²) >= 11 is 0. The highest BCUT2D eigenvalue weighted by atomic mass is 16.5. The number of carbonyl (C=O) groups excluding carboxylic acids is 2. The van der Waals surface area contributed by atoms with Gasteiger partial charge in [0.2, 0.25) is 5.43 Å². The van der Waals surface area contributed by atoms with Crippen LogP contribution in [0.3, 0.4) is 0 Å². The van der Waals surface area contributed by atoms with E-state index < -0.39 is 0 Å². The Labute approximate surface area is 221 Å². The number of benzene rings is 2. The zero-order valence-corrected chi connectivity index (χ0v) is 22.2. The molecule has 2 saturated heterocycles. The van der Waals surface area contributed by atoms with E-state index >= 15 is 0 Å². The predicted octanol–water partition coefficient (Wildman–Crippen LogP) is 1.56. The van der Waals surface area contributed by atoms with Crippen molar-refractivity contribution in [3.8, 4) is 11.5 Å². The normalized spacial score (nSPS) is 17.2. The minimum atomic E-state index is -0.163. The van der Waals surface area contributed by atoms with Gasteiger partial charge >= 0.3 is 0 Å². The monoisotopic (exact) mass is 522 g/mol. The molecule has 2 fully saturated rings. The third-order valence-corrected chi connectivity index (χ3v) is 7.44. The molecule has 0 bridgehead atoms. The Bertz CT molecular complexity index is 1400. The van der Waals surface area contributed by atoms with Crippen molar-refractivity contribution in [3.05, 3.63) is 46.1 Å². The topological polar surface area (TPSA) is 95.8 Å². The van der Waals surface area contributed by atoms with Crippen LogP contribution in [0.5, 0.6) is 11.5 Å². The van der Waals surface area contributed by atoms with E-state index in [1.165, 1.54) is 0 Å². The fourth-order valence-corrected chi connectivity index (χ4v) is 4.84. The number of carbonyl (C=O) groups is 2. The number of hydrogen-bond donors (Lipinski definition) is 0. The smallest absolute Gasteiger partial charge is 0.260 e. The fourth-order valence-electron chi connectivity index (χ4n) is 4.84. The van der Waals surface area contributed by atoms with Crippen LogP contribution in [-0.4, -0.2) is 111 Å². The van der Waals surface area contributed by atoms with E-state index in [4.69, 9.17) is 13.9 Å². The van der Waals surface area contributed by atoms with E-state index in [0.29, 0.717) is 65.2 Å². The Balaban J connectivity index is 1.31. The summed E-state index contributed by atoms with van der Waals surface area (Å²) in [5, 5.41) is 0.861. The number of rotatable bonds is 6. The van der Waals surface area contributed by atoms with Crippen LogP contribution in [-0.2, 0) is 9.59 Å². The number of hydrogen-bond acceptors (Lipinski definition) is 8. The second-order valence-corrected chi connectivity index (χ2v) is 10.1. The molecule has 38 heavy (non-hydrogen) atoms. The molecule has 1 aromatic heterocycles. The standard InChI is InChI=1S/C28H34N4O6/c1-19-23(37-18-26(34)32-14-10-30(3)11-15-32)7-6-22-27(35)21-5-4-20(16-24(21)38-28(19)22)36-17-25(33)31-12-8-29(2)9-13-31/h4-7,16H,8-15,17-18H2,1-3H3. The van der Waals surface area contributed by atoms with Crippen molar-refractivity contribution >= 4 is 33.8 Å². The summed E-state index contributed by atoms with van der Waals surface area (Å²) in [6.45, 7) is 7.75.